The fourth-order valence-electron chi connectivity index (χ4n) is 1.40. The van der Waals surface area contributed by atoms with Crippen LogP contribution < -0.4 is 5.30 Å². The van der Waals surface area contributed by atoms with Crippen LogP contribution in [0.3, 0.4) is 0 Å². The summed E-state index contributed by atoms with van der Waals surface area (Å²) >= 11 is 5.44. The van der Waals surface area contributed by atoms with Crippen molar-refractivity contribution in [2.45, 2.75) is 0 Å². The molecule has 16 heavy (non-hydrogen) atoms. The molecule has 1 unspecified atom stereocenters. The van der Waals surface area contributed by atoms with Gasteiger partial charge in [-0.2, -0.15) is 0 Å². The zero-order valence-corrected chi connectivity index (χ0v) is 10.9. The molecule has 2 rings (SSSR count). The van der Waals surface area contributed by atoms with E-state index in [1.54, 1.807) is 12.5 Å². The van der Waals surface area contributed by atoms with Gasteiger partial charge in [0.25, 0.3) is 0 Å². The molecule has 82 valence electrons. The van der Waals surface area contributed by atoms with Gasteiger partial charge in [0.05, 0.1) is 6.33 Å². The number of rotatable bonds is 3. The first kappa shape index (κ1) is 11.4. The Morgan fingerprint density at radius 2 is 1.94 bits per heavy atom. The highest BCUT2D eigenvalue weighted by molar-refractivity contribution is 8.07. The number of aromatic nitrogens is 2. The van der Waals surface area contributed by atoms with E-state index in [0.717, 1.165) is 5.69 Å². The normalized spacial score (nSPS) is 11.8. The minimum absolute atomic E-state index is 0.613. The topological polar surface area (TPSA) is 21.1 Å². The van der Waals surface area contributed by atoms with Crippen LogP contribution in [0, 0.1) is 0 Å². The Morgan fingerprint density at radius 3 is 2.44 bits per heavy atom. The van der Waals surface area contributed by atoms with Crippen molar-refractivity contribution in [1.82, 2.24) is 14.2 Å². The molecule has 0 aliphatic heterocycles. The van der Waals surface area contributed by atoms with Crippen molar-refractivity contribution in [3.63, 3.8) is 0 Å². The molecule has 1 heterocycles. The monoisotopic (exact) mass is 250 g/mol. The average molecular weight is 250 g/mol. The van der Waals surface area contributed by atoms with E-state index in [1.165, 1.54) is 5.30 Å². The predicted molar refractivity (Wildman–Crippen MR) is 71.2 cm³/mol. The van der Waals surface area contributed by atoms with E-state index in [2.05, 4.69) is 33.9 Å². The summed E-state index contributed by atoms with van der Waals surface area (Å²) in [6, 6.07) is 8.33. The van der Waals surface area contributed by atoms with Crippen molar-refractivity contribution in [2.75, 3.05) is 14.1 Å². The van der Waals surface area contributed by atoms with E-state index >= 15 is 0 Å². The molecular formula is C11H13N3PS+. The number of benzene rings is 1. The van der Waals surface area contributed by atoms with E-state index in [-0.39, 0.29) is 0 Å². The molecule has 0 amide bonds. The van der Waals surface area contributed by atoms with Gasteiger partial charge in [-0.3, -0.25) is 0 Å². The molecule has 0 radical (unpaired) electrons. The summed E-state index contributed by atoms with van der Waals surface area (Å²) < 4.78 is 4.06. The lowest BCUT2D eigenvalue weighted by Gasteiger charge is -2.02. The molecule has 1 atom stereocenters. The zero-order valence-electron chi connectivity index (χ0n) is 9.24. The van der Waals surface area contributed by atoms with E-state index in [9.17, 15) is 0 Å². The predicted octanol–water partition coefficient (Wildman–Crippen LogP) is 1.92. The Bertz CT molecular complexity index is 476. The Kier molecular flexibility index (Phi) is 3.44. The van der Waals surface area contributed by atoms with Gasteiger partial charge in [0.2, 0.25) is 0 Å². The summed E-state index contributed by atoms with van der Waals surface area (Å²) in [5.41, 5.74) is 1.11. The molecule has 0 spiro atoms. The second-order valence-electron chi connectivity index (χ2n) is 3.61. The van der Waals surface area contributed by atoms with Gasteiger partial charge in [0, 0.05) is 32.2 Å². The van der Waals surface area contributed by atoms with Crippen LogP contribution in [-0.2, 0) is 11.8 Å². The highest BCUT2D eigenvalue weighted by Gasteiger charge is 2.17. The average Bonchev–Trinajstić information content (AvgIpc) is 2.81. The standard InChI is InChI=1S/C11H13N3PS/c1-13(2)15(16)11-5-3-10(4-6-11)14-8-7-12-9-14/h3-9H,1-2H3/q+1. The first-order valence-corrected chi connectivity index (χ1v) is 7.22. The van der Waals surface area contributed by atoms with Crippen LogP contribution in [0.25, 0.3) is 5.69 Å². The van der Waals surface area contributed by atoms with E-state index < -0.39 is 6.85 Å². The summed E-state index contributed by atoms with van der Waals surface area (Å²) in [6.45, 7) is -0.613. The summed E-state index contributed by atoms with van der Waals surface area (Å²) in [4.78, 5) is 4.02. The van der Waals surface area contributed by atoms with Crippen molar-refractivity contribution >= 4 is 24.0 Å². The van der Waals surface area contributed by atoms with Crippen LogP contribution in [0.2, 0.25) is 0 Å². The highest BCUT2D eigenvalue weighted by Crippen LogP contribution is 2.22. The quantitative estimate of drug-likeness (QED) is 0.777. The Balaban J connectivity index is 2.27. The number of hydrogen-bond donors (Lipinski definition) is 0. The fourth-order valence-corrected chi connectivity index (χ4v) is 2.63. The molecule has 0 saturated carbocycles. The minimum Gasteiger partial charge on any atom is -0.306 e. The third-order valence-electron chi connectivity index (χ3n) is 2.24. The molecule has 1 aromatic carbocycles. The molecule has 0 aliphatic carbocycles. The fraction of sp³-hybridized carbons (Fsp3) is 0.182. The van der Waals surface area contributed by atoms with Crippen LogP contribution in [0.5, 0.6) is 0 Å². The van der Waals surface area contributed by atoms with Gasteiger partial charge in [-0.1, -0.05) is 0 Å². The number of imidazole rings is 1. The maximum Gasteiger partial charge on any atom is 0.305 e. The lowest BCUT2D eigenvalue weighted by molar-refractivity contribution is 0.695. The summed E-state index contributed by atoms with van der Waals surface area (Å²) in [5.74, 6) is 0. The van der Waals surface area contributed by atoms with Crippen molar-refractivity contribution in [2.24, 2.45) is 0 Å². The van der Waals surface area contributed by atoms with E-state index in [0.29, 0.717) is 0 Å². The van der Waals surface area contributed by atoms with Crippen molar-refractivity contribution in [3.8, 4) is 5.69 Å². The van der Waals surface area contributed by atoms with Crippen LogP contribution in [0.4, 0.5) is 0 Å². The van der Waals surface area contributed by atoms with E-state index in [4.69, 9.17) is 11.8 Å². The molecule has 2 aromatic rings. The highest BCUT2D eigenvalue weighted by atomic mass is 32.4. The van der Waals surface area contributed by atoms with Gasteiger partial charge in [-0.15, -0.1) is 4.67 Å². The van der Waals surface area contributed by atoms with E-state index in [1.807, 2.05) is 24.9 Å². The van der Waals surface area contributed by atoms with Crippen LogP contribution in [0.15, 0.2) is 43.0 Å². The van der Waals surface area contributed by atoms with Crippen LogP contribution >= 0.6 is 6.85 Å². The van der Waals surface area contributed by atoms with Gasteiger partial charge in [-0.25, -0.2) is 4.98 Å². The minimum atomic E-state index is -0.613. The first-order valence-electron chi connectivity index (χ1n) is 4.91. The van der Waals surface area contributed by atoms with Gasteiger partial charge >= 0.3 is 6.85 Å². The summed E-state index contributed by atoms with van der Waals surface area (Å²) in [6.07, 6.45) is 5.49. The van der Waals surface area contributed by atoms with Crippen molar-refractivity contribution in [1.29, 1.82) is 0 Å². The lowest BCUT2D eigenvalue weighted by Crippen LogP contribution is -2.09. The molecule has 5 heteroatoms. The second kappa shape index (κ2) is 4.83. The maximum absolute atomic E-state index is 5.44. The molecule has 0 saturated heterocycles. The molecule has 1 aromatic heterocycles. The molecule has 3 nitrogen and oxygen atoms in total. The lowest BCUT2D eigenvalue weighted by atomic mass is 10.3. The summed E-state index contributed by atoms with van der Waals surface area (Å²) in [7, 11) is 4.03. The zero-order chi connectivity index (χ0) is 11.5. The Morgan fingerprint density at radius 1 is 1.25 bits per heavy atom. The summed E-state index contributed by atoms with van der Waals surface area (Å²) in [5, 5.41) is 1.21. The molecule has 0 fully saturated rings. The third kappa shape index (κ3) is 2.35. The Hall–Kier alpha value is -1.09. The number of nitrogens with zero attached hydrogens (tertiary/aromatic N) is 3. The van der Waals surface area contributed by atoms with Crippen LogP contribution in [-0.4, -0.2) is 28.3 Å². The molecule has 0 aliphatic rings. The molecular weight excluding hydrogens is 237 g/mol. The molecule has 0 bridgehead atoms. The smallest absolute Gasteiger partial charge is 0.305 e. The van der Waals surface area contributed by atoms with Gasteiger partial charge in [-0.05, 0) is 24.3 Å². The van der Waals surface area contributed by atoms with Crippen molar-refractivity contribution in [3.05, 3.63) is 43.0 Å². The second-order valence-corrected chi connectivity index (χ2v) is 6.51. The maximum atomic E-state index is 5.44. The van der Waals surface area contributed by atoms with Crippen molar-refractivity contribution < 1.29 is 0 Å². The Labute approximate surface area is 101 Å². The largest absolute Gasteiger partial charge is 0.306 e. The van der Waals surface area contributed by atoms with Gasteiger partial charge in [0.15, 0.2) is 17.1 Å². The molecule has 0 N–H and O–H groups in total. The van der Waals surface area contributed by atoms with Gasteiger partial charge in [0.1, 0.15) is 0 Å². The van der Waals surface area contributed by atoms with Crippen LogP contribution in [0.1, 0.15) is 0 Å². The third-order valence-corrected chi connectivity index (χ3v) is 5.32. The number of hydrogen-bond acceptors (Lipinski definition) is 2. The first-order chi connectivity index (χ1) is 7.68. The SMILES string of the molecule is CN(C)[P+](=S)c1ccc(-n2ccnc2)cc1. The van der Waals surface area contributed by atoms with Gasteiger partial charge < -0.3 is 4.57 Å².